The number of nitrogens with one attached hydrogen (secondary N) is 1. The standard InChI is InChI=1S/C23H24BrN3O5S/c1-2-31-23(29)19-16-5-3-4-6-18(16)33-21(19)26-20(28)14(13-25)11-15-12-17(24)22(32-15)27-7-9-30-10-8-27/h11-12H,2-10H2,1H3,(H,26,28)/b14-11+. The lowest BCUT2D eigenvalue weighted by molar-refractivity contribution is -0.112. The van der Waals surface area contributed by atoms with Crippen molar-refractivity contribution >= 4 is 56.1 Å². The fourth-order valence-electron chi connectivity index (χ4n) is 3.96. The molecule has 0 atom stereocenters. The molecule has 10 heteroatoms. The Morgan fingerprint density at radius 2 is 2.09 bits per heavy atom. The number of anilines is 2. The van der Waals surface area contributed by atoms with Crippen LogP contribution in [0.2, 0.25) is 0 Å². The lowest BCUT2D eigenvalue weighted by Crippen LogP contribution is -2.36. The molecule has 0 saturated carbocycles. The molecule has 0 bridgehead atoms. The van der Waals surface area contributed by atoms with Crippen molar-refractivity contribution in [1.29, 1.82) is 5.26 Å². The Morgan fingerprint density at radius 1 is 1.33 bits per heavy atom. The van der Waals surface area contributed by atoms with E-state index in [2.05, 4.69) is 21.2 Å². The minimum absolute atomic E-state index is 0.119. The van der Waals surface area contributed by atoms with Crippen molar-refractivity contribution in [3.8, 4) is 6.07 Å². The first kappa shape index (κ1) is 23.5. The van der Waals surface area contributed by atoms with E-state index in [0.717, 1.165) is 40.6 Å². The number of amides is 1. The molecule has 8 nitrogen and oxygen atoms in total. The third-order valence-electron chi connectivity index (χ3n) is 5.52. The average molecular weight is 534 g/mol. The minimum atomic E-state index is -0.595. The number of carbonyl (C=O) groups is 2. The number of ether oxygens (including phenoxy) is 2. The summed E-state index contributed by atoms with van der Waals surface area (Å²) in [5, 5.41) is 12.8. The van der Waals surface area contributed by atoms with E-state index >= 15 is 0 Å². The molecular formula is C23H24BrN3O5S. The van der Waals surface area contributed by atoms with Crippen LogP contribution in [-0.2, 0) is 27.1 Å². The number of hydrogen-bond donors (Lipinski definition) is 1. The molecule has 0 radical (unpaired) electrons. The van der Waals surface area contributed by atoms with Gasteiger partial charge in [0.05, 0.1) is 29.9 Å². The highest BCUT2D eigenvalue weighted by Crippen LogP contribution is 2.39. The van der Waals surface area contributed by atoms with Crippen LogP contribution in [0.4, 0.5) is 10.9 Å². The van der Waals surface area contributed by atoms with Crippen LogP contribution in [0.15, 0.2) is 20.5 Å². The van der Waals surface area contributed by atoms with E-state index in [9.17, 15) is 14.9 Å². The number of halogens is 1. The number of hydrogen-bond acceptors (Lipinski definition) is 8. The van der Waals surface area contributed by atoms with Crippen molar-refractivity contribution in [2.45, 2.75) is 32.6 Å². The largest absolute Gasteiger partial charge is 0.462 e. The van der Waals surface area contributed by atoms with E-state index in [4.69, 9.17) is 13.9 Å². The first-order chi connectivity index (χ1) is 16.0. The molecule has 33 heavy (non-hydrogen) atoms. The number of thiophene rings is 1. The van der Waals surface area contributed by atoms with E-state index in [1.807, 2.05) is 11.0 Å². The Labute approximate surface area is 204 Å². The fourth-order valence-corrected chi connectivity index (χ4v) is 5.79. The summed E-state index contributed by atoms with van der Waals surface area (Å²) in [6.07, 6.45) is 5.09. The van der Waals surface area contributed by atoms with Crippen LogP contribution in [0.5, 0.6) is 0 Å². The molecule has 0 aromatic carbocycles. The van der Waals surface area contributed by atoms with Gasteiger partial charge < -0.3 is 24.1 Å². The van der Waals surface area contributed by atoms with Crippen molar-refractivity contribution in [3.05, 3.63) is 37.9 Å². The smallest absolute Gasteiger partial charge is 0.341 e. The molecule has 2 aromatic heterocycles. The number of morpholine rings is 1. The summed E-state index contributed by atoms with van der Waals surface area (Å²) >= 11 is 4.87. The van der Waals surface area contributed by atoms with Gasteiger partial charge in [0.25, 0.3) is 5.91 Å². The summed E-state index contributed by atoms with van der Waals surface area (Å²) in [5.41, 5.74) is 1.25. The lowest BCUT2D eigenvalue weighted by Gasteiger charge is -2.26. The maximum atomic E-state index is 13.0. The predicted octanol–water partition coefficient (Wildman–Crippen LogP) is 4.54. The second kappa shape index (κ2) is 10.5. The van der Waals surface area contributed by atoms with Crippen molar-refractivity contribution < 1.29 is 23.5 Å². The number of esters is 1. The van der Waals surface area contributed by atoms with Gasteiger partial charge in [-0.1, -0.05) is 0 Å². The highest BCUT2D eigenvalue weighted by Gasteiger charge is 2.28. The molecular weight excluding hydrogens is 510 g/mol. The van der Waals surface area contributed by atoms with E-state index in [-0.39, 0.29) is 12.2 Å². The van der Waals surface area contributed by atoms with E-state index in [0.29, 0.717) is 48.5 Å². The van der Waals surface area contributed by atoms with Gasteiger partial charge in [-0.2, -0.15) is 5.26 Å². The van der Waals surface area contributed by atoms with Gasteiger partial charge in [-0.3, -0.25) is 4.79 Å². The van der Waals surface area contributed by atoms with Gasteiger partial charge in [0.2, 0.25) is 5.88 Å². The third-order valence-corrected chi connectivity index (χ3v) is 7.29. The molecule has 1 amide bonds. The molecule has 1 saturated heterocycles. The van der Waals surface area contributed by atoms with Crippen molar-refractivity contribution in [2.75, 3.05) is 43.1 Å². The van der Waals surface area contributed by atoms with Crippen molar-refractivity contribution in [1.82, 2.24) is 0 Å². The van der Waals surface area contributed by atoms with Crippen LogP contribution in [0.1, 0.15) is 46.3 Å². The lowest BCUT2D eigenvalue weighted by atomic mass is 9.95. The van der Waals surface area contributed by atoms with Gasteiger partial charge in [-0.15, -0.1) is 11.3 Å². The molecule has 2 aromatic rings. The van der Waals surface area contributed by atoms with Gasteiger partial charge in [-0.25, -0.2) is 4.79 Å². The average Bonchev–Trinajstić information content (AvgIpc) is 3.37. The SMILES string of the molecule is CCOC(=O)c1c(NC(=O)/C(C#N)=C/c2cc(Br)c(N3CCOCC3)o2)sc2c1CCCC2. The second-order valence-electron chi connectivity index (χ2n) is 7.66. The Balaban J connectivity index is 1.58. The fraction of sp³-hybridized carbons (Fsp3) is 0.435. The molecule has 1 fully saturated rings. The van der Waals surface area contributed by atoms with Crippen molar-refractivity contribution in [3.63, 3.8) is 0 Å². The number of carbonyl (C=O) groups excluding carboxylic acids is 2. The van der Waals surface area contributed by atoms with Crippen LogP contribution < -0.4 is 10.2 Å². The summed E-state index contributed by atoms with van der Waals surface area (Å²) in [5.74, 6) is -0.0224. The number of aryl methyl sites for hydroxylation is 1. The third kappa shape index (κ3) is 5.16. The molecule has 1 N–H and O–H groups in total. The summed E-state index contributed by atoms with van der Waals surface area (Å²) in [4.78, 5) is 28.7. The first-order valence-electron chi connectivity index (χ1n) is 10.9. The first-order valence-corrected chi connectivity index (χ1v) is 12.5. The second-order valence-corrected chi connectivity index (χ2v) is 9.62. The summed E-state index contributed by atoms with van der Waals surface area (Å²) in [7, 11) is 0. The van der Waals surface area contributed by atoms with E-state index in [1.54, 1.807) is 13.0 Å². The normalized spacial score (nSPS) is 16.2. The topological polar surface area (TPSA) is 105 Å². The van der Waals surface area contributed by atoms with Gasteiger partial charge >= 0.3 is 5.97 Å². The zero-order valence-corrected chi connectivity index (χ0v) is 20.6. The summed E-state index contributed by atoms with van der Waals surface area (Å²) in [6, 6.07) is 3.67. The number of nitrogens with zero attached hydrogens (tertiary/aromatic N) is 2. The van der Waals surface area contributed by atoms with Gasteiger partial charge in [-0.05, 0) is 54.1 Å². The highest BCUT2D eigenvalue weighted by atomic mass is 79.9. The van der Waals surface area contributed by atoms with Crippen LogP contribution in [0, 0.1) is 11.3 Å². The Kier molecular flexibility index (Phi) is 7.53. The van der Waals surface area contributed by atoms with Crippen LogP contribution in [-0.4, -0.2) is 44.8 Å². The summed E-state index contributed by atoms with van der Waals surface area (Å²) < 4.78 is 17.2. The molecule has 4 rings (SSSR count). The van der Waals surface area contributed by atoms with Gasteiger partial charge in [0.1, 0.15) is 22.4 Å². The number of rotatable bonds is 6. The molecule has 174 valence electrons. The molecule has 0 spiro atoms. The highest BCUT2D eigenvalue weighted by molar-refractivity contribution is 9.10. The Hall–Kier alpha value is -2.61. The maximum absolute atomic E-state index is 13.0. The van der Waals surface area contributed by atoms with Crippen LogP contribution in [0.3, 0.4) is 0 Å². The zero-order chi connectivity index (χ0) is 23.4. The number of furan rings is 1. The monoisotopic (exact) mass is 533 g/mol. The summed E-state index contributed by atoms with van der Waals surface area (Å²) in [6.45, 7) is 4.60. The van der Waals surface area contributed by atoms with Crippen molar-refractivity contribution in [2.24, 2.45) is 0 Å². The Bertz CT molecular complexity index is 1120. The molecule has 1 aliphatic carbocycles. The van der Waals surface area contributed by atoms with Gasteiger partial charge in [0, 0.05) is 30.1 Å². The number of nitriles is 1. The molecule has 0 unspecified atom stereocenters. The van der Waals surface area contributed by atoms with E-state index < -0.39 is 11.9 Å². The predicted molar refractivity (Wildman–Crippen MR) is 129 cm³/mol. The quantitative estimate of drug-likeness (QED) is 0.330. The molecule has 2 aliphatic rings. The zero-order valence-electron chi connectivity index (χ0n) is 18.2. The Morgan fingerprint density at radius 3 is 2.82 bits per heavy atom. The molecule has 3 heterocycles. The minimum Gasteiger partial charge on any atom is -0.462 e. The van der Waals surface area contributed by atoms with Crippen LogP contribution >= 0.6 is 27.3 Å². The van der Waals surface area contributed by atoms with Gasteiger partial charge in [0.15, 0.2) is 0 Å². The number of fused-ring (bicyclic) bond motifs is 1. The van der Waals surface area contributed by atoms with Crippen LogP contribution in [0.25, 0.3) is 6.08 Å². The van der Waals surface area contributed by atoms with E-state index in [1.165, 1.54) is 17.4 Å². The molecule has 1 aliphatic heterocycles. The maximum Gasteiger partial charge on any atom is 0.341 e.